The molecule has 80 valence electrons. The standard InChI is InChI=1S/C10H7BrCl2S2/c1-5-4-15-10(8(5)13)7(11)9-6(12)2-3-14-9/h2-4,7H,1H3. The molecule has 2 heterocycles. The van der Waals surface area contributed by atoms with Gasteiger partial charge in [0.2, 0.25) is 0 Å². The fourth-order valence-corrected chi connectivity index (χ4v) is 5.12. The molecule has 1 atom stereocenters. The zero-order chi connectivity index (χ0) is 11.0. The van der Waals surface area contributed by atoms with Gasteiger partial charge in [0.1, 0.15) is 0 Å². The van der Waals surface area contributed by atoms with Crippen molar-refractivity contribution in [1.29, 1.82) is 0 Å². The summed E-state index contributed by atoms with van der Waals surface area (Å²) < 4.78 is 0. The molecule has 0 saturated carbocycles. The Balaban J connectivity index is 2.41. The van der Waals surface area contributed by atoms with Crippen LogP contribution in [-0.2, 0) is 0 Å². The topological polar surface area (TPSA) is 0 Å². The SMILES string of the molecule is Cc1csc(C(Br)c2sccc2Cl)c1Cl. The highest BCUT2D eigenvalue weighted by atomic mass is 79.9. The van der Waals surface area contributed by atoms with Gasteiger partial charge in [0.25, 0.3) is 0 Å². The molecule has 5 heteroatoms. The van der Waals surface area contributed by atoms with E-state index in [0.717, 1.165) is 25.4 Å². The maximum Gasteiger partial charge on any atom is 0.0860 e. The first-order valence-corrected chi connectivity index (χ1v) is 7.64. The maximum absolute atomic E-state index is 6.21. The molecule has 0 bridgehead atoms. The number of hydrogen-bond donors (Lipinski definition) is 0. The highest BCUT2D eigenvalue weighted by molar-refractivity contribution is 9.09. The van der Waals surface area contributed by atoms with Gasteiger partial charge in [-0.1, -0.05) is 39.1 Å². The molecule has 2 rings (SSSR count). The Morgan fingerprint density at radius 3 is 2.47 bits per heavy atom. The summed E-state index contributed by atoms with van der Waals surface area (Å²) in [5.74, 6) is 0. The Morgan fingerprint density at radius 2 is 2.00 bits per heavy atom. The van der Waals surface area contributed by atoms with Crippen LogP contribution in [0, 0.1) is 6.92 Å². The Labute approximate surface area is 115 Å². The van der Waals surface area contributed by atoms with E-state index in [1.54, 1.807) is 22.7 Å². The van der Waals surface area contributed by atoms with E-state index in [9.17, 15) is 0 Å². The van der Waals surface area contributed by atoms with Crippen molar-refractivity contribution in [1.82, 2.24) is 0 Å². The lowest BCUT2D eigenvalue weighted by Crippen LogP contribution is -1.87. The van der Waals surface area contributed by atoms with E-state index in [1.807, 2.05) is 18.4 Å². The fraction of sp³-hybridized carbons (Fsp3) is 0.200. The van der Waals surface area contributed by atoms with Crippen LogP contribution in [0.5, 0.6) is 0 Å². The van der Waals surface area contributed by atoms with Gasteiger partial charge in [0, 0.05) is 9.75 Å². The van der Waals surface area contributed by atoms with Crippen molar-refractivity contribution in [3.8, 4) is 0 Å². The van der Waals surface area contributed by atoms with E-state index in [0.29, 0.717) is 0 Å². The van der Waals surface area contributed by atoms with Gasteiger partial charge in [0.05, 0.1) is 14.9 Å². The Kier molecular flexibility index (Phi) is 3.79. The van der Waals surface area contributed by atoms with Gasteiger partial charge < -0.3 is 0 Å². The quantitative estimate of drug-likeness (QED) is 0.595. The van der Waals surface area contributed by atoms with Crippen molar-refractivity contribution in [2.75, 3.05) is 0 Å². The third-order valence-electron chi connectivity index (χ3n) is 2.03. The summed E-state index contributed by atoms with van der Waals surface area (Å²) in [5, 5.41) is 5.68. The van der Waals surface area contributed by atoms with Crippen molar-refractivity contribution in [3.05, 3.63) is 42.2 Å². The number of halogens is 3. The van der Waals surface area contributed by atoms with E-state index in [2.05, 4.69) is 21.3 Å². The lowest BCUT2D eigenvalue weighted by atomic mass is 10.2. The summed E-state index contributed by atoms with van der Waals surface area (Å²) in [5.41, 5.74) is 1.12. The molecule has 0 aliphatic heterocycles. The monoisotopic (exact) mass is 340 g/mol. The van der Waals surface area contributed by atoms with E-state index in [1.165, 1.54) is 0 Å². The minimum atomic E-state index is 0.108. The van der Waals surface area contributed by atoms with Crippen LogP contribution in [0.2, 0.25) is 10.0 Å². The second-order valence-electron chi connectivity index (χ2n) is 3.09. The molecule has 0 spiro atoms. The Bertz CT molecular complexity index is 475. The van der Waals surface area contributed by atoms with E-state index >= 15 is 0 Å². The van der Waals surface area contributed by atoms with Crippen LogP contribution in [0.3, 0.4) is 0 Å². The van der Waals surface area contributed by atoms with Crippen LogP contribution >= 0.6 is 61.8 Å². The van der Waals surface area contributed by atoms with Crippen molar-refractivity contribution < 1.29 is 0 Å². The van der Waals surface area contributed by atoms with Gasteiger partial charge in [-0.2, -0.15) is 0 Å². The van der Waals surface area contributed by atoms with Gasteiger partial charge in [-0.15, -0.1) is 22.7 Å². The second kappa shape index (κ2) is 4.76. The maximum atomic E-state index is 6.21. The Hall–Kier alpha value is 0.460. The summed E-state index contributed by atoms with van der Waals surface area (Å²) in [6, 6.07) is 1.91. The highest BCUT2D eigenvalue weighted by Gasteiger charge is 2.20. The van der Waals surface area contributed by atoms with E-state index in [4.69, 9.17) is 23.2 Å². The lowest BCUT2D eigenvalue weighted by Gasteiger charge is -2.06. The lowest BCUT2D eigenvalue weighted by molar-refractivity contribution is 1.28. The predicted octanol–water partition coefficient (Wildman–Crippen LogP) is 5.91. The minimum absolute atomic E-state index is 0.108. The van der Waals surface area contributed by atoms with Gasteiger partial charge in [-0.25, -0.2) is 0 Å². The molecular weight excluding hydrogens is 335 g/mol. The molecule has 0 nitrogen and oxygen atoms in total. The smallest absolute Gasteiger partial charge is 0.0860 e. The molecule has 15 heavy (non-hydrogen) atoms. The molecule has 0 radical (unpaired) electrons. The zero-order valence-corrected chi connectivity index (χ0v) is 12.5. The summed E-state index contributed by atoms with van der Waals surface area (Å²) >= 11 is 19.2. The van der Waals surface area contributed by atoms with E-state index in [-0.39, 0.29) is 4.83 Å². The van der Waals surface area contributed by atoms with Crippen LogP contribution in [0.25, 0.3) is 0 Å². The first kappa shape index (κ1) is 11.9. The molecule has 0 aliphatic rings. The van der Waals surface area contributed by atoms with Crippen molar-refractivity contribution in [2.45, 2.75) is 11.8 Å². The predicted molar refractivity (Wildman–Crippen MR) is 74.2 cm³/mol. The molecule has 0 fully saturated rings. The highest BCUT2D eigenvalue weighted by Crippen LogP contribution is 2.44. The minimum Gasteiger partial charge on any atom is -0.146 e. The van der Waals surface area contributed by atoms with Crippen molar-refractivity contribution >= 4 is 61.8 Å². The van der Waals surface area contributed by atoms with Gasteiger partial charge in [0.15, 0.2) is 0 Å². The number of rotatable bonds is 2. The summed E-state index contributed by atoms with van der Waals surface area (Å²) in [7, 11) is 0. The normalized spacial score (nSPS) is 13.1. The summed E-state index contributed by atoms with van der Waals surface area (Å²) in [4.78, 5) is 2.34. The van der Waals surface area contributed by atoms with Crippen LogP contribution < -0.4 is 0 Å². The molecule has 0 amide bonds. The number of hydrogen-bond acceptors (Lipinski definition) is 2. The van der Waals surface area contributed by atoms with Gasteiger partial charge in [-0.05, 0) is 29.3 Å². The van der Waals surface area contributed by atoms with Crippen LogP contribution in [0.4, 0.5) is 0 Å². The van der Waals surface area contributed by atoms with Crippen molar-refractivity contribution in [3.63, 3.8) is 0 Å². The fourth-order valence-electron chi connectivity index (χ4n) is 1.23. The molecular formula is C10H7BrCl2S2. The molecule has 2 aromatic heterocycles. The van der Waals surface area contributed by atoms with Crippen molar-refractivity contribution in [2.24, 2.45) is 0 Å². The third-order valence-corrected chi connectivity index (χ3v) is 6.75. The second-order valence-corrected chi connectivity index (χ2v) is 6.65. The molecule has 1 unspecified atom stereocenters. The molecule has 2 aromatic rings. The van der Waals surface area contributed by atoms with E-state index < -0.39 is 0 Å². The molecule has 0 aromatic carbocycles. The summed E-state index contributed by atoms with van der Waals surface area (Å²) in [6.07, 6.45) is 0. The molecule has 0 aliphatic carbocycles. The number of alkyl halides is 1. The molecule has 0 saturated heterocycles. The molecule has 0 N–H and O–H groups in total. The average molecular weight is 342 g/mol. The third kappa shape index (κ3) is 2.27. The summed E-state index contributed by atoms with van der Waals surface area (Å²) in [6.45, 7) is 2.01. The average Bonchev–Trinajstić information content (AvgIpc) is 2.75. The first-order valence-electron chi connectivity index (χ1n) is 4.21. The number of thiophene rings is 2. The zero-order valence-electron chi connectivity index (χ0n) is 7.76. The van der Waals surface area contributed by atoms with Gasteiger partial charge in [-0.3, -0.25) is 0 Å². The number of aryl methyl sites for hydroxylation is 1. The van der Waals surface area contributed by atoms with Gasteiger partial charge >= 0.3 is 0 Å². The van der Waals surface area contributed by atoms with Crippen LogP contribution in [0.1, 0.15) is 20.1 Å². The largest absolute Gasteiger partial charge is 0.146 e. The van der Waals surface area contributed by atoms with Crippen LogP contribution in [-0.4, -0.2) is 0 Å². The first-order chi connectivity index (χ1) is 7.11. The Morgan fingerprint density at radius 1 is 1.27 bits per heavy atom. The van der Waals surface area contributed by atoms with Crippen LogP contribution in [0.15, 0.2) is 16.8 Å².